The molecule has 4 N–H and O–H groups in total. The molecular weight excluding hydrogens is 332 g/mol. The van der Waals surface area contributed by atoms with Crippen LogP contribution in [0.1, 0.15) is 6.92 Å². The molecule has 8 nitrogen and oxygen atoms in total. The highest BCUT2D eigenvalue weighted by atomic mass is 16.4. The summed E-state index contributed by atoms with van der Waals surface area (Å²) in [4.78, 5) is 23.9. The van der Waals surface area contributed by atoms with Crippen LogP contribution >= 0.6 is 0 Å². The van der Waals surface area contributed by atoms with Crippen molar-refractivity contribution in [2.75, 3.05) is 16.0 Å². The van der Waals surface area contributed by atoms with E-state index in [1.807, 2.05) is 60.7 Å². The summed E-state index contributed by atoms with van der Waals surface area (Å²) in [5.74, 6) is -0.248. The number of nitrogens with one attached hydrogen (secondary N) is 3. The lowest BCUT2D eigenvalue weighted by Gasteiger charge is -2.13. The molecule has 0 spiro atoms. The van der Waals surface area contributed by atoms with Gasteiger partial charge in [0.25, 0.3) is 0 Å². The Hall–Kier alpha value is -3.68. The molecule has 0 saturated carbocycles. The number of nitrogens with zero attached hydrogens (tertiary/aromatic N) is 3. The van der Waals surface area contributed by atoms with Gasteiger partial charge >= 0.3 is 5.97 Å². The number of carboxylic acid groups (broad SMARTS) is 1. The number of para-hydroxylation sites is 2. The summed E-state index contributed by atoms with van der Waals surface area (Å²) in [6.07, 6.45) is 0. The SMILES string of the molecule is CC(Nc1nc(Nc2ccccc2)nc(Nc2ccccc2)n1)C(=O)O. The lowest BCUT2D eigenvalue weighted by Crippen LogP contribution is -2.26. The normalized spacial score (nSPS) is 11.4. The number of aliphatic carboxylic acids is 1. The van der Waals surface area contributed by atoms with Gasteiger partial charge in [0.15, 0.2) is 0 Å². The van der Waals surface area contributed by atoms with E-state index < -0.39 is 12.0 Å². The average molecular weight is 350 g/mol. The Labute approximate surface area is 150 Å². The summed E-state index contributed by atoms with van der Waals surface area (Å²) in [6, 6.07) is 18.0. The molecule has 132 valence electrons. The highest BCUT2D eigenvalue weighted by Crippen LogP contribution is 2.18. The molecule has 8 heteroatoms. The van der Waals surface area contributed by atoms with E-state index in [2.05, 4.69) is 30.9 Å². The van der Waals surface area contributed by atoms with E-state index in [0.29, 0.717) is 11.9 Å². The van der Waals surface area contributed by atoms with Crippen LogP contribution in [-0.2, 0) is 4.79 Å². The molecule has 0 amide bonds. The van der Waals surface area contributed by atoms with E-state index in [1.165, 1.54) is 6.92 Å². The van der Waals surface area contributed by atoms with Crippen LogP contribution < -0.4 is 16.0 Å². The van der Waals surface area contributed by atoms with Gasteiger partial charge in [-0.2, -0.15) is 15.0 Å². The second-order valence-electron chi connectivity index (χ2n) is 5.49. The van der Waals surface area contributed by atoms with Crippen molar-refractivity contribution in [1.82, 2.24) is 15.0 Å². The molecule has 26 heavy (non-hydrogen) atoms. The summed E-state index contributed by atoms with van der Waals surface area (Å²) in [6.45, 7) is 1.51. The van der Waals surface area contributed by atoms with Crippen LogP contribution in [0, 0.1) is 0 Å². The summed E-state index contributed by atoms with van der Waals surface area (Å²) >= 11 is 0. The van der Waals surface area contributed by atoms with Crippen molar-refractivity contribution >= 4 is 35.2 Å². The Bertz CT molecular complexity index is 814. The Balaban J connectivity index is 1.89. The van der Waals surface area contributed by atoms with Crippen molar-refractivity contribution in [2.24, 2.45) is 0 Å². The van der Waals surface area contributed by atoms with Gasteiger partial charge in [-0.15, -0.1) is 0 Å². The van der Waals surface area contributed by atoms with Crippen LogP contribution in [0.15, 0.2) is 60.7 Å². The molecule has 1 unspecified atom stereocenters. The summed E-state index contributed by atoms with van der Waals surface area (Å²) in [5, 5.41) is 18.0. The zero-order valence-electron chi connectivity index (χ0n) is 14.0. The molecule has 1 atom stereocenters. The van der Waals surface area contributed by atoms with E-state index >= 15 is 0 Å². The maximum atomic E-state index is 11.1. The van der Waals surface area contributed by atoms with Gasteiger partial charge in [0.05, 0.1) is 0 Å². The predicted octanol–water partition coefficient (Wildman–Crippen LogP) is 3.24. The molecular formula is C18H18N6O2. The molecule has 1 aromatic heterocycles. The predicted molar refractivity (Wildman–Crippen MR) is 100.0 cm³/mol. The fourth-order valence-corrected chi connectivity index (χ4v) is 2.11. The first-order valence-corrected chi connectivity index (χ1v) is 8.00. The van der Waals surface area contributed by atoms with Crippen molar-refractivity contribution in [1.29, 1.82) is 0 Å². The van der Waals surface area contributed by atoms with Crippen molar-refractivity contribution < 1.29 is 9.90 Å². The molecule has 1 heterocycles. The first-order chi connectivity index (χ1) is 12.6. The van der Waals surface area contributed by atoms with E-state index in [0.717, 1.165) is 11.4 Å². The molecule has 0 aliphatic rings. The molecule has 2 aromatic carbocycles. The summed E-state index contributed by atoms with van der Waals surface area (Å²) < 4.78 is 0. The Morgan fingerprint density at radius 2 is 1.23 bits per heavy atom. The molecule has 0 fully saturated rings. The maximum absolute atomic E-state index is 11.1. The number of rotatable bonds is 7. The standard InChI is InChI=1S/C18H18N6O2/c1-12(15(25)26)19-16-22-17(20-13-8-4-2-5-9-13)24-18(23-16)21-14-10-6-3-7-11-14/h2-12H,1H3,(H,25,26)(H3,19,20,21,22,23,24). The highest BCUT2D eigenvalue weighted by Gasteiger charge is 2.14. The minimum atomic E-state index is -0.999. The first kappa shape index (κ1) is 17.2. The third-order valence-electron chi connectivity index (χ3n) is 3.41. The Kier molecular flexibility index (Phi) is 5.23. The van der Waals surface area contributed by atoms with Crippen molar-refractivity contribution in [2.45, 2.75) is 13.0 Å². The molecule has 0 aliphatic carbocycles. The lowest BCUT2D eigenvalue weighted by molar-refractivity contribution is -0.137. The molecule has 0 saturated heterocycles. The van der Waals surface area contributed by atoms with Crippen LogP contribution in [0.25, 0.3) is 0 Å². The van der Waals surface area contributed by atoms with Crippen LogP contribution in [0.5, 0.6) is 0 Å². The van der Waals surface area contributed by atoms with Gasteiger partial charge in [-0.1, -0.05) is 36.4 Å². The van der Waals surface area contributed by atoms with Gasteiger partial charge in [-0.25, -0.2) is 0 Å². The van der Waals surface area contributed by atoms with Gasteiger partial charge in [0, 0.05) is 11.4 Å². The second-order valence-corrected chi connectivity index (χ2v) is 5.49. The largest absolute Gasteiger partial charge is 0.480 e. The van der Waals surface area contributed by atoms with Gasteiger partial charge in [0.2, 0.25) is 17.8 Å². The van der Waals surface area contributed by atoms with E-state index in [9.17, 15) is 4.79 Å². The molecule has 0 bridgehead atoms. The average Bonchev–Trinajstić information content (AvgIpc) is 2.63. The van der Waals surface area contributed by atoms with Crippen LogP contribution in [-0.4, -0.2) is 32.1 Å². The number of carbonyl (C=O) groups is 1. The minimum absolute atomic E-state index is 0.159. The lowest BCUT2D eigenvalue weighted by atomic mass is 10.3. The van der Waals surface area contributed by atoms with Crippen molar-refractivity contribution in [3.05, 3.63) is 60.7 Å². The zero-order valence-corrected chi connectivity index (χ0v) is 14.0. The van der Waals surface area contributed by atoms with Gasteiger partial charge in [-0.3, -0.25) is 4.79 Å². The second kappa shape index (κ2) is 7.93. The van der Waals surface area contributed by atoms with Gasteiger partial charge in [0.1, 0.15) is 6.04 Å². The maximum Gasteiger partial charge on any atom is 0.325 e. The molecule has 0 aliphatic heterocycles. The third-order valence-corrected chi connectivity index (χ3v) is 3.41. The number of anilines is 5. The smallest absolute Gasteiger partial charge is 0.325 e. The topological polar surface area (TPSA) is 112 Å². The van der Waals surface area contributed by atoms with Crippen molar-refractivity contribution in [3.63, 3.8) is 0 Å². The molecule has 3 rings (SSSR count). The number of benzene rings is 2. The Morgan fingerprint density at radius 1 is 0.808 bits per heavy atom. The third kappa shape index (κ3) is 4.67. The Morgan fingerprint density at radius 3 is 1.65 bits per heavy atom. The summed E-state index contributed by atoms with van der Waals surface area (Å²) in [5.41, 5.74) is 1.61. The fraction of sp³-hybridized carbons (Fsp3) is 0.111. The first-order valence-electron chi connectivity index (χ1n) is 8.00. The monoisotopic (exact) mass is 350 g/mol. The van der Waals surface area contributed by atoms with Crippen LogP contribution in [0.4, 0.5) is 29.2 Å². The molecule has 0 radical (unpaired) electrons. The van der Waals surface area contributed by atoms with Crippen LogP contribution in [0.2, 0.25) is 0 Å². The van der Waals surface area contributed by atoms with Gasteiger partial charge in [-0.05, 0) is 31.2 Å². The fourth-order valence-electron chi connectivity index (χ4n) is 2.11. The van der Waals surface area contributed by atoms with E-state index in [4.69, 9.17) is 5.11 Å². The number of hydrogen-bond donors (Lipinski definition) is 4. The highest BCUT2D eigenvalue weighted by molar-refractivity contribution is 5.76. The number of aromatic nitrogens is 3. The molecule has 3 aromatic rings. The van der Waals surface area contributed by atoms with Crippen molar-refractivity contribution in [3.8, 4) is 0 Å². The van der Waals surface area contributed by atoms with E-state index in [1.54, 1.807) is 0 Å². The minimum Gasteiger partial charge on any atom is -0.480 e. The van der Waals surface area contributed by atoms with Crippen LogP contribution in [0.3, 0.4) is 0 Å². The zero-order chi connectivity index (χ0) is 18.4. The summed E-state index contributed by atoms with van der Waals surface area (Å²) in [7, 11) is 0. The van der Waals surface area contributed by atoms with Gasteiger partial charge < -0.3 is 21.1 Å². The number of hydrogen-bond acceptors (Lipinski definition) is 7. The number of carboxylic acids is 1. The quantitative estimate of drug-likeness (QED) is 0.514. The van der Waals surface area contributed by atoms with E-state index in [-0.39, 0.29) is 5.95 Å².